The van der Waals surface area contributed by atoms with Crippen LogP contribution in [0.5, 0.6) is 5.75 Å². The highest BCUT2D eigenvalue weighted by atomic mass is 32.2. The number of unbranched alkanes of at least 4 members (excludes halogenated alkanes) is 1. The van der Waals surface area contributed by atoms with Crippen molar-refractivity contribution in [1.82, 2.24) is 14.8 Å². The van der Waals surface area contributed by atoms with Crippen LogP contribution < -0.4 is 10.1 Å². The molecule has 0 bridgehead atoms. The molecule has 1 aromatic heterocycles. The normalized spacial score (nSPS) is 17.4. The van der Waals surface area contributed by atoms with E-state index >= 15 is 0 Å². The number of nitrogens with zero attached hydrogens (tertiary/aromatic N) is 3. The first-order valence-corrected chi connectivity index (χ1v) is 12.6. The van der Waals surface area contributed by atoms with Gasteiger partial charge in [-0.2, -0.15) is 4.98 Å². The molecule has 0 saturated heterocycles. The highest BCUT2D eigenvalue weighted by Crippen LogP contribution is 2.41. The van der Waals surface area contributed by atoms with E-state index < -0.39 is 0 Å². The van der Waals surface area contributed by atoms with Crippen molar-refractivity contribution in [2.75, 3.05) is 11.9 Å². The Morgan fingerprint density at radius 3 is 2.73 bits per heavy atom. The van der Waals surface area contributed by atoms with Gasteiger partial charge in [0.2, 0.25) is 11.1 Å². The number of benzene rings is 2. The molecule has 0 radical (unpaired) electrons. The molecule has 5 rings (SSSR count). The van der Waals surface area contributed by atoms with E-state index in [9.17, 15) is 4.79 Å². The van der Waals surface area contributed by atoms with Crippen LogP contribution in [0.25, 0.3) is 0 Å². The molecule has 0 fully saturated rings. The Bertz CT molecular complexity index is 1150. The quantitative estimate of drug-likeness (QED) is 0.340. The van der Waals surface area contributed by atoms with Crippen molar-refractivity contribution in [3.8, 4) is 5.75 Å². The molecule has 7 heteroatoms. The highest BCUT2D eigenvalue weighted by Gasteiger charge is 2.36. The third kappa shape index (κ3) is 4.69. The maximum absolute atomic E-state index is 13.0. The predicted octanol–water partition coefficient (Wildman–Crippen LogP) is 5.77. The standard InChI is InChI=1S/C26H28N4O2S/c1-2-3-16-32-20-14-12-19(13-15-20)24-23-21(10-7-11-22(23)31)27-25-28-26(29-30(24)25)33-17-18-8-5-4-6-9-18/h4-6,8-9,12-15,24H,2-3,7,10-11,16-17H2,1H3,(H,27,28,29). The van der Waals surface area contributed by atoms with E-state index in [-0.39, 0.29) is 11.8 Å². The van der Waals surface area contributed by atoms with Gasteiger partial charge in [-0.05, 0) is 42.5 Å². The number of carbonyl (C=O) groups is 1. The largest absolute Gasteiger partial charge is 0.494 e. The maximum Gasteiger partial charge on any atom is 0.227 e. The van der Waals surface area contributed by atoms with Crippen LogP contribution in [0.1, 0.15) is 56.2 Å². The molecule has 33 heavy (non-hydrogen) atoms. The van der Waals surface area contributed by atoms with Crippen LogP contribution >= 0.6 is 11.8 Å². The van der Waals surface area contributed by atoms with Crippen LogP contribution in [0.15, 0.2) is 71.0 Å². The molecule has 170 valence electrons. The summed E-state index contributed by atoms with van der Waals surface area (Å²) in [6.07, 6.45) is 4.44. The van der Waals surface area contributed by atoms with Crippen LogP contribution in [-0.2, 0) is 10.5 Å². The number of hydrogen-bond donors (Lipinski definition) is 1. The topological polar surface area (TPSA) is 69.0 Å². The Morgan fingerprint density at radius 1 is 1.12 bits per heavy atom. The number of ether oxygens (including phenoxy) is 1. The van der Waals surface area contributed by atoms with Gasteiger partial charge < -0.3 is 10.1 Å². The van der Waals surface area contributed by atoms with Gasteiger partial charge in [-0.15, -0.1) is 5.10 Å². The zero-order valence-corrected chi connectivity index (χ0v) is 19.6. The van der Waals surface area contributed by atoms with E-state index in [1.165, 1.54) is 5.56 Å². The lowest BCUT2D eigenvalue weighted by atomic mass is 9.85. The van der Waals surface area contributed by atoms with Gasteiger partial charge in [-0.3, -0.25) is 4.79 Å². The van der Waals surface area contributed by atoms with Crippen molar-refractivity contribution in [3.63, 3.8) is 0 Å². The monoisotopic (exact) mass is 460 g/mol. The maximum atomic E-state index is 13.0. The Labute approximate surface area is 198 Å². The first kappa shape index (κ1) is 21.8. The van der Waals surface area contributed by atoms with Crippen molar-refractivity contribution in [3.05, 3.63) is 77.0 Å². The third-order valence-corrected chi connectivity index (χ3v) is 6.93. The summed E-state index contributed by atoms with van der Waals surface area (Å²) in [5, 5.41) is 8.93. The second-order valence-corrected chi connectivity index (χ2v) is 9.35. The summed E-state index contributed by atoms with van der Waals surface area (Å²) in [5.41, 5.74) is 4.05. The van der Waals surface area contributed by atoms with Crippen LogP contribution in [0.2, 0.25) is 0 Å². The highest BCUT2D eigenvalue weighted by molar-refractivity contribution is 7.98. The number of nitrogens with one attached hydrogen (secondary N) is 1. The third-order valence-electron chi connectivity index (χ3n) is 6.02. The Balaban J connectivity index is 1.44. The van der Waals surface area contributed by atoms with Gasteiger partial charge in [0.15, 0.2) is 5.78 Å². The number of allylic oxidation sites excluding steroid dienone is 2. The van der Waals surface area contributed by atoms with Crippen LogP contribution in [0, 0.1) is 0 Å². The fourth-order valence-corrected chi connectivity index (χ4v) is 5.09. The molecule has 1 N–H and O–H groups in total. The zero-order valence-electron chi connectivity index (χ0n) is 18.8. The van der Waals surface area contributed by atoms with E-state index in [4.69, 9.17) is 14.8 Å². The smallest absolute Gasteiger partial charge is 0.227 e. The van der Waals surface area contributed by atoms with E-state index in [2.05, 4.69) is 24.4 Å². The molecular weight excluding hydrogens is 432 g/mol. The lowest BCUT2D eigenvalue weighted by molar-refractivity contribution is -0.116. The van der Waals surface area contributed by atoms with Gasteiger partial charge in [0.1, 0.15) is 11.8 Å². The van der Waals surface area contributed by atoms with Crippen molar-refractivity contribution >= 4 is 23.5 Å². The van der Waals surface area contributed by atoms with Gasteiger partial charge in [0, 0.05) is 23.4 Å². The molecular formula is C26H28N4O2S. The summed E-state index contributed by atoms with van der Waals surface area (Å²) >= 11 is 1.61. The van der Waals surface area contributed by atoms with Crippen LogP contribution in [0.4, 0.5) is 5.95 Å². The minimum absolute atomic E-state index is 0.191. The molecule has 6 nitrogen and oxygen atoms in total. The van der Waals surface area contributed by atoms with Gasteiger partial charge >= 0.3 is 0 Å². The van der Waals surface area contributed by atoms with Gasteiger partial charge in [-0.1, -0.05) is 67.6 Å². The number of anilines is 1. The molecule has 0 saturated carbocycles. The number of hydrogen-bond acceptors (Lipinski definition) is 6. The lowest BCUT2D eigenvalue weighted by Gasteiger charge is -2.32. The van der Waals surface area contributed by atoms with Crippen LogP contribution in [-0.4, -0.2) is 27.2 Å². The number of Topliss-reactive ketones (excluding diaryl/α,β-unsaturated/α-hetero) is 1. The van der Waals surface area contributed by atoms with Gasteiger partial charge in [0.25, 0.3) is 0 Å². The van der Waals surface area contributed by atoms with E-state index in [0.29, 0.717) is 24.1 Å². The van der Waals surface area contributed by atoms with Crippen molar-refractivity contribution in [1.29, 1.82) is 0 Å². The molecule has 3 aromatic rings. The average molecular weight is 461 g/mol. The van der Waals surface area contributed by atoms with Crippen molar-refractivity contribution in [2.24, 2.45) is 0 Å². The lowest BCUT2D eigenvalue weighted by Crippen LogP contribution is -2.31. The summed E-state index contributed by atoms with van der Waals surface area (Å²) in [6, 6.07) is 18.1. The number of fused-ring (bicyclic) bond motifs is 1. The summed E-state index contributed by atoms with van der Waals surface area (Å²) in [7, 11) is 0. The van der Waals surface area contributed by atoms with Crippen molar-refractivity contribution in [2.45, 2.75) is 56.0 Å². The SMILES string of the molecule is CCCCOc1ccc(C2C3=C(CCCC3=O)Nc3nc(SCc4ccccc4)nn32)cc1. The number of aromatic nitrogens is 3. The Morgan fingerprint density at radius 2 is 1.94 bits per heavy atom. The zero-order chi connectivity index (χ0) is 22.6. The summed E-state index contributed by atoms with van der Waals surface area (Å²) in [4.78, 5) is 17.8. The first-order chi connectivity index (χ1) is 16.2. The summed E-state index contributed by atoms with van der Waals surface area (Å²) < 4.78 is 7.71. The van der Waals surface area contributed by atoms with E-state index in [1.54, 1.807) is 11.8 Å². The second-order valence-electron chi connectivity index (χ2n) is 8.40. The molecule has 2 aromatic carbocycles. The minimum atomic E-state index is -0.271. The van der Waals surface area contributed by atoms with Crippen LogP contribution in [0.3, 0.4) is 0 Å². The number of rotatable bonds is 8. The van der Waals surface area contributed by atoms with Gasteiger partial charge in [-0.25, -0.2) is 4.68 Å². The minimum Gasteiger partial charge on any atom is -0.494 e. The predicted molar refractivity (Wildman–Crippen MR) is 131 cm³/mol. The average Bonchev–Trinajstić information content (AvgIpc) is 3.25. The molecule has 1 aliphatic heterocycles. The fourth-order valence-electron chi connectivity index (χ4n) is 4.31. The van der Waals surface area contributed by atoms with E-state index in [1.807, 2.05) is 47.1 Å². The van der Waals surface area contributed by atoms with E-state index in [0.717, 1.165) is 54.0 Å². The second kappa shape index (κ2) is 9.83. The number of ketones is 1. The summed E-state index contributed by atoms with van der Waals surface area (Å²) in [5.74, 6) is 2.54. The first-order valence-electron chi connectivity index (χ1n) is 11.6. The molecule has 1 unspecified atom stereocenters. The molecule has 0 amide bonds. The number of carbonyl (C=O) groups excluding carboxylic acids is 1. The molecule has 1 aliphatic carbocycles. The Hall–Kier alpha value is -3.06. The Kier molecular flexibility index (Phi) is 6.48. The molecule has 2 aliphatic rings. The summed E-state index contributed by atoms with van der Waals surface area (Å²) in [6.45, 7) is 2.87. The number of thioether (sulfide) groups is 1. The molecule has 1 atom stereocenters. The fraction of sp³-hybridized carbons (Fsp3) is 0.346. The van der Waals surface area contributed by atoms with Crippen molar-refractivity contribution < 1.29 is 9.53 Å². The molecule has 0 spiro atoms. The molecule has 2 heterocycles. The van der Waals surface area contributed by atoms with Gasteiger partial charge in [0.05, 0.1) is 6.61 Å².